The molecule has 3 N–H and O–H groups in total. The zero-order valence-electron chi connectivity index (χ0n) is 9.53. The van der Waals surface area contributed by atoms with Crippen LogP contribution in [-0.4, -0.2) is 8.76 Å². The van der Waals surface area contributed by atoms with Crippen LogP contribution in [0.25, 0.3) is 0 Å². The summed E-state index contributed by atoms with van der Waals surface area (Å²) < 4.78 is 23.1. The zero-order chi connectivity index (χ0) is 12.1. The molecule has 16 heavy (non-hydrogen) atoms. The van der Waals surface area contributed by atoms with Gasteiger partial charge in [0.1, 0.15) is 0 Å². The maximum atomic E-state index is 10.4. The lowest BCUT2D eigenvalue weighted by Crippen LogP contribution is -2.16. The van der Waals surface area contributed by atoms with Gasteiger partial charge in [-0.3, -0.25) is 4.21 Å². The van der Waals surface area contributed by atoms with Gasteiger partial charge in [0.25, 0.3) is 0 Å². The largest absolute Gasteiger partial charge is 0.760 e. The van der Waals surface area contributed by atoms with Gasteiger partial charge in [-0.15, -0.1) is 0 Å². The molecule has 0 spiro atoms. The quantitative estimate of drug-likeness (QED) is 0.762. The highest BCUT2D eigenvalue weighted by atomic mass is 32.2. The van der Waals surface area contributed by atoms with Crippen LogP contribution in [0.3, 0.4) is 0 Å². The van der Waals surface area contributed by atoms with Gasteiger partial charge in [0.15, 0.2) is 0 Å². The highest BCUT2D eigenvalue weighted by molar-refractivity contribution is 7.77. The molecule has 1 aromatic rings. The van der Waals surface area contributed by atoms with E-state index >= 15 is 0 Å². The van der Waals surface area contributed by atoms with Gasteiger partial charge in [-0.25, -0.2) is 4.72 Å². The number of nitrogens with two attached hydrogens (primary N) is 1. The monoisotopic (exact) mass is 241 g/mol. The van der Waals surface area contributed by atoms with Gasteiger partial charge in [-0.1, -0.05) is 25.1 Å². The smallest absolute Gasteiger partial charge is 0.0325 e. The third-order valence-corrected chi connectivity index (χ3v) is 3.00. The fourth-order valence-corrected chi connectivity index (χ4v) is 1.79. The highest BCUT2D eigenvalue weighted by Crippen LogP contribution is 2.17. The van der Waals surface area contributed by atoms with E-state index in [2.05, 4.69) is 4.72 Å². The Kier molecular flexibility index (Phi) is 5.08. The molecule has 5 heteroatoms. The van der Waals surface area contributed by atoms with Crippen molar-refractivity contribution in [1.29, 1.82) is 0 Å². The Bertz CT molecular complexity index is 382. The van der Waals surface area contributed by atoms with Gasteiger partial charge in [0.2, 0.25) is 0 Å². The minimum Gasteiger partial charge on any atom is -0.760 e. The number of aryl methyl sites for hydroxylation is 1. The fraction of sp³-hybridized carbons (Fsp3) is 0.455. The van der Waals surface area contributed by atoms with Crippen molar-refractivity contribution in [3.63, 3.8) is 0 Å². The van der Waals surface area contributed by atoms with Crippen molar-refractivity contribution < 1.29 is 8.76 Å². The van der Waals surface area contributed by atoms with Crippen LogP contribution in [0.2, 0.25) is 0 Å². The zero-order valence-corrected chi connectivity index (χ0v) is 10.3. The van der Waals surface area contributed by atoms with Gasteiger partial charge in [-0.05, 0) is 30.0 Å². The summed E-state index contributed by atoms with van der Waals surface area (Å²) in [4.78, 5) is 0. The van der Waals surface area contributed by atoms with E-state index in [-0.39, 0.29) is 6.04 Å². The number of rotatable bonds is 5. The maximum absolute atomic E-state index is 10.4. The van der Waals surface area contributed by atoms with E-state index in [1.54, 1.807) is 0 Å². The van der Waals surface area contributed by atoms with Crippen LogP contribution in [0.4, 0.5) is 0 Å². The molecule has 90 valence electrons. The SMILES string of the molecule is CC[C@@H](N)c1ccc(CNS(=O)[O-])c(C)c1. The molecule has 0 aliphatic carbocycles. The molecule has 4 nitrogen and oxygen atoms in total. The maximum Gasteiger partial charge on any atom is 0.0325 e. The molecule has 0 saturated carbocycles. The molecule has 0 fully saturated rings. The summed E-state index contributed by atoms with van der Waals surface area (Å²) in [5, 5.41) is 0. The molecule has 0 radical (unpaired) electrons. The van der Waals surface area contributed by atoms with E-state index in [9.17, 15) is 8.76 Å². The molecule has 2 atom stereocenters. The standard InChI is InChI=1S/C11H18N2O2S/c1-3-11(12)9-4-5-10(8(2)6-9)7-13-16(14)15/h4-6,11,13H,3,7,12H2,1-2H3,(H,14,15)/p-1/t11-/m1/s1. The molecule has 0 amide bonds. The Labute approximate surface area is 98.7 Å². The Morgan fingerprint density at radius 1 is 1.56 bits per heavy atom. The first-order valence-corrected chi connectivity index (χ1v) is 6.29. The molecule has 0 aromatic heterocycles. The second-order valence-corrected chi connectivity index (χ2v) is 4.51. The number of hydrogen-bond acceptors (Lipinski definition) is 3. The summed E-state index contributed by atoms with van der Waals surface area (Å²) in [5.41, 5.74) is 9.03. The molecule has 1 aromatic carbocycles. The second kappa shape index (κ2) is 6.10. The first kappa shape index (κ1) is 13.3. The van der Waals surface area contributed by atoms with Gasteiger partial charge in [0, 0.05) is 23.9 Å². The predicted molar refractivity (Wildman–Crippen MR) is 64.2 cm³/mol. The third kappa shape index (κ3) is 3.68. The van der Waals surface area contributed by atoms with Gasteiger partial charge < -0.3 is 10.3 Å². The summed E-state index contributed by atoms with van der Waals surface area (Å²) in [6.07, 6.45) is 0.890. The summed E-state index contributed by atoms with van der Waals surface area (Å²) in [6, 6.07) is 5.93. The highest BCUT2D eigenvalue weighted by Gasteiger charge is 2.05. The van der Waals surface area contributed by atoms with Crippen LogP contribution >= 0.6 is 0 Å². The molecule has 1 unspecified atom stereocenters. The van der Waals surface area contributed by atoms with Crippen LogP contribution in [0.5, 0.6) is 0 Å². The van der Waals surface area contributed by atoms with Crippen molar-refractivity contribution in [1.82, 2.24) is 4.72 Å². The summed E-state index contributed by atoms with van der Waals surface area (Å²) in [5.74, 6) is 0. The van der Waals surface area contributed by atoms with Crippen molar-refractivity contribution in [2.24, 2.45) is 5.73 Å². The Morgan fingerprint density at radius 2 is 2.25 bits per heavy atom. The van der Waals surface area contributed by atoms with Crippen molar-refractivity contribution in [3.8, 4) is 0 Å². The van der Waals surface area contributed by atoms with E-state index < -0.39 is 11.3 Å². The van der Waals surface area contributed by atoms with Gasteiger partial charge >= 0.3 is 0 Å². The van der Waals surface area contributed by atoms with E-state index in [1.807, 2.05) is 32.0 Å². The van der Waals surface area contributed by atoms with Crippen molar-refractivity contribution in [3.05, 3.63) is 34.9 Å². The first-order valence-electron chi connectivity index (χ1n) is 5.22. The lowest BCUT2D eigenvalue weighted by atomic mass is 9.99. The predicted octanol–water partition coefficient (Wildman–Crippen LogP) is 1.29. The molecule has 0 bridgehead atoms. The molecule has 0 aliphatic heterocycles. The van der Waals surface area contributed by atoms with E-state index in [1.165, 1.54) is 0 Å². The molecule has 0 heterocycles. The van der Waals surface area contributed by atoms with Gasteiger partial charge in [-0.2, -0.15) is 0 Å². The summed E-state index contributed by atoms with van der Waals surface area (Å²) in [6.45, 7) is 4.32. The lowest BCUT2D eigenvalue weighted by molar-refractivity contribution is 0.522. The first-order chi connectivity index (χ1) is 7.54. The third-order valence-electron chi connectivity index (χ3n) is 2.62. The fourth-order valence-electron chi connectivity index (χ4n) is 1.52. The normalized spacial score (nSPS) is 14.8. The average molecular weight is 241 g/mol. The minimum atomic E-state index is -2.21. The average Bonchev–Trinajstić information content (AvgIpc) is 2.26. The Balaban J connectivity index is 2.79. The number of nitrogens with one attached hydrogen (secondary N) is 1. The van der Waals surface area contributed by atoms with Crippen LogP contribution in [-0.2, 0) is 17.8 Å². The lowest BCUT2D eigenvalue weighted by Gasteiger charge is -2.14. The Morgan fingerprint density at radius 3 is 2.75 bits per heavy atom. The molecule has 1 rings (SSSR count). The summed E-state index contributed by atoms with van der Waals surface area (Å²) in [7, 11) is 0. The van der Waals surface area contributed by atoms with Gasteiger partial charge in [0.05, 0.1) is 0 Å². The molecular weight excluding hydrogens is 224 g/mol. The Hall–Kier alpha value is -0.750. The van der Waals surface area contributed by atoms with Crippen LogP contribution in [0, 0.1) is 6.92 Å². The van der Waals surface area contributed by atoms with Crippen LogP contribution in [0.15, 0.2) is 18.2 Å². The van der Waals surface area contributed by atoms with Crippen LogP contribution < -0.4 is 10.5 Å². The minimum absolute atomic E-state index is 0.0503. The van der Waals surface area contributed by atoms with Crippen molar-refractivity contribution in [2.45, 2.75) is 32.9 Å². The number of hydrogen-bond donors (Lipinski definition) is 2. The van der Waals surface area contributed by atoms with E-state index in [0.717, 1.165) is 23.1 Å². The van der Waals surface area contributed by atoms with Crippen molar-refractivity contribution in [2.75, 3.05) is 0 Å². The number of benzene rings is 1. The van der Waals surface area contributed by atoms with Crippen LogP contribution in [0.1, 0.15) is 36.1 Å². The van der Waals surface area contributed by atoms with Crippen molar-refractivity contribution >= 4 is 11.3 Å². The molecule has 0 saturated heterocycles. The topological polar surface area (TPSA) is 78.2 Å². The second-order valence-electron chi connectivity index (χ2n) is 3.76. The summed E-state index contributed by atoms with van der Waals surface area (Å²) >= 11 is -2.21. The van der Waals surface area contributed by atoms with E-state index in [0.29, 0.717) is 6.54 Å². The van der Waals surface area contributed by atoms with E-state index in [4.69, 9.17) is 5.73 Å². The molecular formula is C11H17N2O2S-. The molecule has 0 aliphatic rings.